The van der Waals surface area contributed by atoms with Crippen LogP contribution in [0.4, 0.5) is 5.69 Å². The number of benzene rings is 1. The van der Waals surface area contributed by atoms with E-state index < -0.39 is 12.1 Å². The lowest BCUT2D eigenvalue weighted by atomic mass is 10.2. The van der Waals surface area contributed by atoms with Gasteiger partial charge in [-0.25, -0.2) is 4.79 Å². The van der Waals surface area contributed by atoms with Crippen LogP contribution in [0.15, 0.2) is 18.2 Å². The highest BCUT2D eigenvalue weighted by Crippen LogP contribution is 2.30. The zero-order valence-electron chi connectivity index (χ0n) is 13.3. The second-order valence-electron chi connectivity index (χ2n) is 5.60. The Labute approximate surface area is 139 Å². The van der Waals surface area contributed by atoms with Gasteiger partial charge in [-0.1, -0.05) is 11.6 Å². The van der Waals surface area contributed by atoms with Gasteiger partial charge in [0.25, 0.3) is 5.91 Å². The van der Waals surface area contributed by atoms with Gasteiger partial charge in [0.2, 0.25) is 5.91 Å². The van der Waals surface area contributed by atoms with E-state index >= 15 is 0 Å². The molecule has 1 aromatic carbocycles. The number of amides is 2. The Morgan fingerprint density at radius 1 is 1.35 bits per heavy atom. The molecule has 1 aliphatic rings. The fourth-order valence-corrected chi connectivity index (χ4v) is 2.61. The number of likely N-dealkylation sites (N-methyl/N-ethyl adjacent to an activating group) is 1. The number of hydrogen-bond acceptors (Lipinski definition) is 4. The summed E-state index contributed by atoms with van der Waals surface area (Å²) in [5, 5.41) is 0.397. The molecule has 2 amide bonds. The monoisotopic (exact) mass is 338 g/mol. The highest BCUT2D eigenvalue weighted by Gasteiger charge is 2.26. The number of hydrogen-bond donors (Lipinski definition) is 0. The number of carbonyl (C=O) groups is 3. The van der Waals surface area contributed by atoms with Gasteiger partial charge >= 0.3 is 5.97 Å². The summed E-state index contributed by atoms with van der Waals surface area (Å²) >= 11 is 6.14. The van der Waals surface area contributed by atoms with Gasteiger partial charge in [-0.15, -0.1) is 0 Å². The van der Waals surface area contributed by atoms with Gasteiger partial charge in [0.15, 0.2) is 6.10 Å². The molecule has 0 N–H and O–H groups in total. The van der Waals surface area contributed by atoms with E-state index in [1.54, 1.807) is 25.1 Å². The van der Waals surface area contributed by atoms with Crippen LogP contribution in [0.2, 0.25) is 5.02 Å². The molecule has 0 bridgehead atoms. The number of anilines is 1. The molecule has 0 spiro atoms. The molecule has 0 saturated carbocycles. The molecule has 6 nitrogen and oxygen atoms in total. The van der Waals surface area contributed by atoms with E-state index in [-0.39, 0.29) is 17.4 Å². The van der Waals surface area contributed by atoms with Crippen LogP contribution in [0.5, 0.6) is 0 Å². The fraction of sp³-hybridized carbons (Fsp3) is 0.438. The molecule has 2 rings (SSSR count). The van der Waals surface area contributed by atoms with Crippen LogP contribution >= 0.6 is 11.6 Å². The zero-order chi connectivity index (χ0) is 17.1. The zero-order valence-corrected chi connectivity index (χ0v) is 14.1. The lowest BCUT2D eigenvalue weighted by Gasteiger charge is -2.19. The maximum Gasteiger partial charge on any atom is 0.338 e. The molecule has 0 aliphatic carbocycles. The number of ether oxygens (including phenoxy) is 1. The number of rotatable bonds is 4. The Kier molecular flexibility index (Phi) is 5.26. The van der Waals surface area contributed by atoms with E-state index in [4.69, 9.17) is 16.3 Å². The molecule has 23 heavy (non-hydrogen) atoms. The van der Waals surface area contributed by atoms with Crippen LogP contribution in [-0.4, -0.2) is 49.4 Å². The molecule has 7 heteroatoms. The highest BCUT2D eigenvalue weighted by atomic mass is 35.5. The third kappa shape index (κ3) is 3.82. The first kappa shape index (κ1) is 17.3. The van der Waals surface area contributed by atoms with Crippen LogP contribution in [-0.2, 0) is 14.3 Å². The second-order valence-corrected chi connectivity index (χ2v) is 6.00. The normalized spacial score (nSPS) is 15.5. The van der Waals surface area contributed by atoms with Gasteiger partial charge in [-0.3, -0.25) is 9.59 Å². The quantitative estimate of drug-likeness (QED) is 0.788. The summed E-state index contributed by atoms with van der Waals surface area (Å²) in [5.41, 5.74) is 0.748. The van der Waals surface area contributed by atoms with Crippen molar-refractivity contribution in [3.8, 4) is 0 Å². The average molecular weight is 339 g/mol. The SMILES string of the molecule is C[C@@H](OC(=O)c1ccc(Cl)c(N2CCCC2=O)c1)C(=O)N(C)C. The summed E-state index contributed by atoms with van der Waals surface area (Å²) in [6, 6.07) is 4.60. The molecular weight excluding hydrogens is 320 g/mol. The molecular formula is C16H19ClN2O4. The van der Waals surface area contributed by atoms with E-state index in [1.165, 1.54) is 24.0 Å². The van der Waals surface area contributed by atoms with Crippen LogP contribution in [0.25, 0.3) is 0 Å². The van der Waals surface area contributed by atoms with Gasteiger partial charge in [0.1, 0.15) is 0 Å². The predicted octanol–water partition coefficient (Wildman–Crippen LogP) is 2.10. The molecule has 1 atom stereocenters. The number of halogens is 1. The maximum absolute atomic E-state index is 12.2. The number of nitrogens with zero attached hydrogens (tertiary/aromatic N) is 2. The van der Waals surface area contributed by atoms with Crippen molar-refractivity contribution in [2.75, 3.05) is 25.5 Å². The van der Waals surface area contributed by atoms with Crippen LogP contribution in [0.3, 0.4) is 0 Å². The van der Waals surface area contributed by atoms with Gasteiger partial charge < -0.3 is 14.5 Å². The summed E-state index contributed by atoms with van der Waals surface area (Å²) in [5.74, 6) is -0.951. The van der Waals surface area contributed by atoms with Crippen LogP contribution in [0.1, 0.15) is 30.1 Å². The van der Waals surface area contributed by atoms with Crippen molar-refractivity contribution in [2.45, 2.75) is 25.9 Å². The van der Waals surface area contributed by atoms with Gasteiger partial charge in [0, 0.05) is 27.1 Å². The molecule has 1 fully saturated rings. The predicted molar refractivity (Wildman–Crippen MR) is 86.6 cm³/mol. The molecule has 0 unspecified atom stereocenters. The van der Waals surface area contributed by atoms with Crippen molar-refractivity contribution in [3.63, 3.8) is 0 Å². The molecule has 0 radical (unpaired) electrons. The van der Waals surface area contributed by atoms with Crippen molar-refractivity contribution >= 4 is 35.1 Å². The number of carbonyl (C=O) groups excluding carboxylic acids is 3. The van der Waals surface area contributed by atoms with Crippen molar-refractivity contribution in [2.24, 2.45) is 0 Å². The van der Waals surface area contributed by atoms with E-state index in [0.717, 1.165) is 6.42 Å². The maximum atomic E-state index is 12.2. The van der Waals surface area contributed by atoms with Crippen molar-refractivity contribution in [1.82, 2.24) is 4.90 Å². The van der Waals surface area contributed by atoms with Crippen molar-refractivity contribution in [3.05, 3.63) is 28.8 Å². The van der Waals surface area contributed by atoms with Gasteiger partial charge in [-0.2, -0.15) is 0 Å². The van der Waals surface area contributed by atoms with Gasteiger partial charge in [-0.05, 0) is 31.5 Å². The Morgan fingerprint density at radius 2 is 2.04 bits per heavy atom. The van der Waals surface area contributed by atoms with E-state index in [0.29, 0.717) is 23.7 Å². The minimum atomic E-state index is -0.884. The number of esters is 1. The van der Waals surface area contributed by atoms with Gasteiger partial charge in [0.05, 0.1) is 16.3 Å². The molecule has 1 aliphatic heterocycles. The highest BCUT2D eigenvalue weighted by molar-refractivity contribution is 6.34. The Bertz CT molecular complexity index is 645. The van der Waals surface area contributed by atoms with Crippen LogP contribution in [0, 0.1) is 0 Å². The Balaban J connectivity index is 2.18. The lowest BCUT2D eigenvalue weighted by molar-refractivity contribution is -0.137. The van der Waals surface area contributed by atoms with E-state index in [9.17, 15) is 14.4 Å². The first-order valence-electron chi connectivity index (χ1n) is 7.33. The third-order valence-electron chi connectivity index (χ3n) is 3.62. The minimum absolute atomic E-state index is 0.0198. The summed E-state index contributed by atoms with van der Waals surface area (Å²) in [6.07, 6.45) is 0.349. The smallest absolute Gasteiger partial charge is 0.338 e. The summed E-state index contributed by atoms with van der Waals surface area (Å²) in [4.78, 5) is 38.7. The summed E-state index contributed by atoms with van der Waals surface area (Å²) in [7, 11) is 3.18. The molecule has 0 aromatic heterocycles. The second kappa shape index (κ2) is 7.00. The van der Waals surface area contributed by atoms with Crippen LogP contribution < -0.4 is 4.90 Å². The third-order valence-corrected chi connectivity index (χ3v) is 3.94. The molecule has 1 heterocycles. The first-order valence-corrected chi connectivity index (χ1v) is 7.71. The summed E-state index contributed by atoms with van der Waals surface area (Å²) < 4.78 is 5.17. The van der Waals surface area contributed by atoms with E-state index in [2.05, 4.69) is 0 Å². The topological polar surface area (TPSA) is 66.9 Å². The minimum Gasteiger partial charge on any atom is -0.449 e. The Morgan fingerprint density at radius 3 is 2.61 bits per heavy atom. The molecule has 124 valence electrons. The molecule has 1 saturated heterocycles. The largest absolute Gasteiger partial charge is 0.449 e. The van der Waals surface area contributed by atoms with Crippen molar-refractivity contribution < 1.29 is 19.1 Å². The first-order chi connectivity index (χ1) is 10.8. The molecule has 1 aromatic rings. The Hall–Kier alpha value is -2.08. The fourth-order valence-electron chi connectivity index (χ4n) is 2.39. The van der Waals surface area contributed by atoms with Crippen molar-refractivity contribution in [1.29, 1.82) is 0 Å². The van der Waals surface area contributed by atoms with E-state index in [1.807, 2.05) is 0 Å². The summed E-state index contributed by atoms with van der Waals surface area (Å²) in [6.45, 7) is 2.09. The lowest BCUT2D eigenvalue weighted by Crippen LogP contribution is -2.35. The standard InChI is InChI=1S/C16H19ClN2O4/c1-10(15(21)18(2)3)23-16(22)11-6-7-12(17)13(9-11)19-8-4-5-14(19)20/h6-7,9-10H,4-5,8H2,1-3H3/t10-/m1/s1. The average Bonchev–Trinajstić information content (AvgIpc) is 2.92.